The Labute approximate surface area is 185 Å². The Kier molecular flexibility index (Phi) is 5.80. The lowest BCUT2D eigenvalue weighted by atomic mass is 9.97. The van der Waals surface area contributed by atoms with E-state index in [0.717, 1.165) is 34.3 Å². The van der Waals surface area contributed by atoms with Gasteiger partial charge in [-0.1, -0.05) is 85.9 Å². The number of nitrogens with one attached hydrogen (secondary N) is 1. The first-order valence-electron chi connectivity index (χ1n) is 11.1. The minimum atomic E-state index is -0.104. The van der Waals surface area contributed by atoms with Crippen LogP contribution in [0.2, 0.25) is 0 Å². The summed E-state index contributed by atoms with van der Waals surface area (Å²) in [6.07, 6.45) is 10.4. The summed E-state index contributed by atoms with van der Waals surface area (Å²) in [6.45, 7) is 0. The average molecular weight is 431 g/mol. The average Bonchev–Trinajstić information content (AvgIpc) is 3.34. The Hall–Kier alpha value is -2.99. The fourth-order valence-corrected chi connectivity index (χ4v) is 5.17. The van der Waals surface area contributed by atoms with E-state index in [-0.39, 0.29) is 5.56 Å². The Morgan fingerprint density at radius 2 is 1.68 bits per heavy atom. The molecule has 2 heterocycles. The molecule has 0 saturated heterocycles. The van der Waals surface area contributed by atoms with Gasteiger partial charge in [0.25, 0.3) is 5.56 Å². The zero-order chi connectivity index (χ0) is 21.0. The molecule has 0 amide bonds. The van der Waals surface area contributed by atoms with Gasteiger partial charge in [0.2, 0.25) is 5.13 Å². The fraction of sp³-hybridized carbons (Fsp3) is 0.320. The molecule has 1 aliphatic carbocycles. The summed E-state index contributed by atoms with van der Waals surface area (Å²) in [4.78, 5) is 23.0. The quantitative estimate of drug-likeness (QED) is 0.405. The maximum Gasteiger partial charge on any atom is 0.282 e. The lowest BCUT2D eigenvalue weighted by molar-refractivity contribution is 0.456. The number of aliphatic imine (C=N–C) groups is 1. The van der Waals surface area contributed by atoms with Crippen LogP contribution < -0.4 is 5.56 Å². The molecule has 2 aromatic carbocycles. The van der Waals surface area contributed by atoms with Gasteiger partial charge in [-0.05, 0) is 25.0 Å². The van der Waals surface area contributed by atoms with Crippen LogP contribution in [-0.4, -0.2) is 27.0 Å². The molecule has 31 heavy (non-hydrogen) atoms. The number of benzene rings is 2. The summed E-state index contributed by atoms with van der Waals surface area (Å²) in [5, 5.41) is 3.96. The number of hydrogen-bond acceptors (Lipinski definition) is 4. The smallest absolute Gasteiger partial charge is 0.282 e. The van der Waals surface area contributed by atoms with Gasteiger partial charge in [-0.15, -0.1) is 0 Å². The van der Waals surface area contributed by atoms with Gasteiger partial charge in [0.1, 0.15) is 0 Å². The molecule has 5 rings (SSSR count). The van der Waals surface area contributed by atoms with E-state index in [4.69, 9.17) is 4.99 Å². The van der Waals surface area contributed by atoms with Crippen molar-refractivity contribution in [1.29, 1.82) is 0 Å². The summed E-state index contributed by atoms with van der Waals surface area (Å²) < 4.78 is 2.62. The fourth-order valence-electron chi connectivity index (χ4n) is 4.25. The molecule has 1 N–H and O–H groups in total. The van der Waals surface area contributed by atoms with Crippen molar-refractivity contribution in [2.75, 3.05) is 0 Å². The molecule has 0 bridgehead atoms. The van der Waals surface area contributed by atoms with E-state index < -0.39 is 0 Å². The minimum Gasteiger partial charge on any atom is -0.289 e. The first-order valence-corrected chi connectivity index (χ1v) is 11.9. The van der Waals surface area contributed by atoms with E-state index in [2.05, 4.69) is 10.1 Å². The number of H-pyrrole nitrogens is 1. The second-order valence-electron chi connectivity index (χ2n) is 8.15. The summed E-state index contributed by atoms with van der Waals surface area (Å²) in [5.41, 5.74) is 3.16. The number of rotatable bonds is 4. The molecule has 1 aliphatic rings. The van der Waals surface area contributed by atoms with Crippen molar-refractivity contribution in [3.8, 4) is 16.4 Å². The van der Waals surface area contributed by atoms with Crippen molar-refractivity contribution in [1.82, 2.24) is 14.8 Å². The molecular weight excluding hydrogens is 404 g/mol. The monoisotopic (exact) mass is 430 g/mol. The predicted octanol–water partition coefficient (Wildman–Crippen LogP) is 5.97. The Morgan fingerprint density at radius 1 is 0.968 bits per heavy atom. The highest BCUT2D eigenvalue weighted by Gasteiger charge is 2.18. The molecule has 0 atom stereocenters. The molecule has 0 unspecified atom stereocenters. The van der Waals surface area contributed by atoms with Gasteiger partial charge in [0.15, 0.2) is 0 Å². The van der Waals surface area contributed by atoms with E-state index in [1.54, 1.807) is 10.9 Å². The molecule has 4 aromatic rings. The highest BCUT2D eigenvalue weighted by Crippen LogP contribution is 2.26. The molecule has 1 saturated carbocycles. The third-order valence-electron chi connectivity index (χ3n) is 5.95. The number of thiazole rings is 1. The van der Waals surface area contributed by atoms with Gasteiger partial charge < -0.3 is 0 Å². The van der Waals surface area contributed by atoms with Crippen LogP contribution in [0.5, 0.6) is 0 Å². The van der Waals surface area contributed by atoms with Crippen LogP contribution in [0.1, 0.15) is 50.5 Å². The number of aromatic amines is 1. The van der Waals surface area contributed by atoms with Gasteiger partial charge >= 0.3 is 0 Å². The van der Waals surface area contributed by atoms with Crippen molar-refractivity contribution in [3.63, 3.8) is 0 Å². The topological polar surface area (TPSA) is 63.0 Å². The van der Waals surface area contributed by atoms with Gasteiger partial charge in [0.05, 0.1) is 21.5 Å². The molecule has 2 aromatic heterocycles. The van der Waals surface area contributed by atoms with Crippen LogP contribution in [-0.2, 0) is 0 Å². The van der Waals surface area contributed by atoms with Crippen molar-refractivity contribution in [3.05, 3.63) is 70.5 Å². The van der Waals surface area contributed by atoms with Crippen molar-refractivity contribution in [2.24, 2.45) is 4.99 Å². The molecule has 0 spiro atoms. The van der Waals surface area contributed by atoms with Crippen LogP contribution >= 0.6 is 11.3 Å². The second kappa shape index (κ2) is 9.02. The summed E-state index contributed by atoms with van der Waals surface area (Å²) in [7, 11) is 0. The molecule has 6 heteroatoms. The molecule has 5 nitrogen and oxygen atoms in total. The maximum atomic E-state index is 13.4. The van der Waals surface area contributed by atoms with Crippen molar-refractivity contribution < 1.29 is 0 Å². The SMILES string of the molecule is O=c1c(/C=N\C2CCCCCCC2)c(-c2ccccc2)[nH]n1-c1nc2ccccc2s1. The molecule has 158 valence electrons. The number of fused-ring (bicyclic) bond motifs is 1. The Balaban J connectivity index is 1.57. The van der Waals surface area contributed by atoms with Crippen LogP contribution in [0.3, 0.4) is 0 Å². The van der Waals surface area contributed by atoms with Crippen LogP contribution in [0, 0.1) is 0 Å². The molecule has 0 aliphatic heterocycles. The summed E-state index contributed by atoms with van der Waals surface area (Å²) >= 11 is 1.51. The first kappa shape index (κ1) is 19.9. The van der Waals surface area contributed by atoms with Crippen LogP contribution in [0.4, 0.5) is 0 Å². The van der Waals surface area contributed by atoms with E-state index in [0.29, 0.717) is 16.7 Å². The second-order valence-corrected chi connectivity index (χ2v) is 9.16. The lowest BCUT2D eigenvalue weighted by Gasteiger charge is -2.15. The van der Waals surface area contributed by atoms with E-state index in [1.165, 1.54) is 43.4 Å². The summed E-state index contributed by atoms with van der Waals surface area (Å²) in [6, 6.07) is 18.2. The minimum absolute atomic E-state index is 0.104. The standard InChI is InChI=1S/C25H26N4OS/c30-24-20(17-26-19-13-7-2-1-3-8-14-19)23(18-11-5-4-6-12-18)28-29(24)25-27-21-15-9-10-16-22(21)31-25/h4-6,9-12,15-17,19,28H,1-3,7-8,13-14H2/b26-17-. The van der Waals surface area contributed by atoms with Gasteiger partial charge in [-0.2, -0.15) is 4.68 Å². The third kappa shape index (κ3) is 4.26. The Morgan fingerprint density at radius 3 is 2.45 bits per heavy atom. The van der Waals surface area contributed by atoms with Crippen LogP contribution in [0.25, 0.3) is 26.6 Å². The van der Waals surface area contributed by atoms with Gasteiger partial charge in [-0.3, -0.25) is 14.9 Å². The molecule has 0 radical (unpaired) electrons. The van der Waals surface area contributed by atoms with Crippen molar-refractivity contribution in [2.45, 2.75) is 51.0 Å². The highest BCUT2D eigenvalue weighted by molar-refractivity contribution is 7.20. The summed E-state index contributed by atoms with van der Waals surface area (Å²) in [5.74, 6) is 0. The van der Waals surface area contributed by atoms with Gasteiger partial charge in [-0.25, -0.2) is 4.98 Å². The third-order valence-corrected chi connectivity index (χ3v) is 6.97. The van der Waals surface area contributed by atoms with Crippen molar-refractivity contribution >= 4 is 27.8 Å². The molecule has 1 fully saturated rings. The van der Waals surface area contributed by atoms with E-state index in [9.17, 15) is 4.79 Å². The van der Waals surface area contributed by atoms with Gasteiger partial charge in [0, 0.05) is 17.8 Å². The Bertz CT molecular complexity index is 1210. The predicted molar refractivity (Wildman–Crippen MR) is 129 cm³/mol. The van der Waals surface area contributed by atoms with E-state index >= 15 is 0 Å². The largest absolute Gasteiger partial charge is 0.289 e. The lowest BCUT2D eigenvalue weighted by Crippen LogP contribution is -2.17. The maximum absolute atomic E-state index is 13.4. The number of aromatic nitrogens is 3. The first-order chi connectivity index (χ1) is 15.3. The number of para-hydroxylation sites is 1. The zero-order valence-corrected chi connectivity index (χ0v) is 18.3. The zero-order valence-electron chi connectivity index (χ0n) is 17.5. The number of nitrogens with zero attached hydrogens (tertiary/aromatic N) is 3. The normalized spacial score (nSPS) is 16.0. The molecular formula is C25H26N4OS. The highest BCUT2D eigenvalue weighted by atomic mass is 32.1. The number of hydrogen-bond donors (Lipinski definition) is 1. The van der Waals surface area contributed by atoms with Crippen LogP contribution in [0.15, 0.2) is 64.4 Å². The van der Waals surface area contributed by atoms with E-state index in [1.807, 2.05) is 54.6 Å².